The Hall–Kier alpha value is -1.46. The number of carbonyl (C=O) groups is 1. The van der Waals surface area contributed by atoms with Crippen molar-refractivity contribution in [2.75, 3.05) is 33.4 Å². The van der Waals surface area contributed by atoms with Gasteiger partial charge in [0.15, 0.2) is 0 Å². The third-order valence-electron chi connectivity index (χ3n) is 5.05. The Kier molecular flexibility index (Phi) is 4.97. The summed E-state index contributed by atoms with van der Waals surface area (Å²) in [5, 5.41) is 0. The highest BCUT2D eigenvalue weighted by molar-refractivity contribution is 5.77. The third-order valence-corrected chi connectivity index (χ3v) is 5.05. The average Bonchev–Trinajstić information content (AvgIpc) is 2.93. The molecule has 1 aromatic carbocycles. The van der Waals surface area contributed by atoms with Crippen LogP contribution >= 0.6 is 0 Å². The maximum Gasteiger partial charge on any atom is 0.248 e. The molecule has 2 fully saturated rings. The molecular formula is C18H24FNO3. The summed E-state index contributed by atoms with van der Waals surface area (Å²) in [4.78, 5) is 13.7. The van der Waals surface area contributed by atoms with E-state index in [9.17, 15) is 9.18 Å². The number of amides is 1. The highest BCUT2D eigenvalue weighted by atomic mass is 19.1. The van der Waals surface area contributed by atoms with E-state index in [-0.39, 0.29) is 23.9 Å². The second-order valence-electron chi connectivity index (χ2n) is 6.67. The summed E-state index contributed by atoms with van der Waals surface area (Å²) >= 11 is 0. The smallest absolute Gasteiger partial charge is 0.248 e. The van der Waals surface area contributed by atoms with Crippen molar-refractivity contribution in [2.45, 2.75) is 31.3 Å². The molecule has 126 valence electrons. The molecular weight excluding hydrogens is 297 g/mol. The average molecular weight is 321 g/mol. The van der Waals surface area contributed by atoms with Crippen LogP contribution in [-0.4, -0.2) is 49.8 Å². The maximum atomic E-state index is 13.8. The second-order valence-corrected chi connectivity index (χ2v) is 6.67. The van der Waals surface area contributed by atoms with E-state index in [1.807, 2.05) is 17.0 Å². The van der Waals surface area contributed by atoms with Gasteiger partial charge in [-0.3, -0.25) is 4.79 Å². The first-order valence-electron chi connectivity index (χ1n) is 8.26. The Morgan fingerprint density at radius 1 is 1.39 bits per heavy atom. The zero-order chi connectivity index (χ0) is 16.3. The summed E-state index contributed by atoms with van der Waals surface area (Å²) in [6, 6.07) is 6.97. The summed E-state index contributed by atoms with van der Waals surface area (Å²) in [6.07, 6.45) is 3.39. The first-order valence-corrected chi connectivity index (χ1v) is 8.26. The molecule has 23 heavy (non-hydrogen) atoms. The quantitative estimate of drug-likeness (QED) is 0.855. The predicted molar refractivity (Wildman–Crippen MR) is 84.6 cm³/mol. The van der Waals surface area contributed by atoms with Gasteiger partial charge in [-0.25, -0.2) is 4.39 Å². The molecule has 0 N–H and O–H groups in total. The molecule has 0 radical (unpaired) electrons. The van der Waals surface area contributed by atoms with Gasteiger partial charge in [-0.15, -0.1) is 0 Å². The number of carbonyl (C=O) groups excluding carboxylic acids is 1. The minimum atomic E-state index is -0.131. The van der Waals surface area contributed by atoms with Crippen LogP contribution in [0.25, 0.3) is 0 Å². The van der Waals surface area contributed by atoms with E-state index >= 15 is 0 Å². The van der Waals surface area contributed by atoms with Crippen LogP contribution in [0.1, 0.15) is 24.8 Å². The van der Waals surface area contributed by atoms with Crippen molar-refractivity contribution in [1.82, 2.24) is 4.90 Å². The Morgan fingerprint density at radius 2 is 2.13 bits per heavy atom. The van der Waals surface area contributed by atoms with Crippen LogP contribution in [0, 0.1) is 11.7 Å². The van der Waals surface area contributed by atoms with Gasteiger partial charge in [-0.05, 0) is 43.2 Å². The number of rotatable bonds is 4. The molecule has 0 unspecified atom stereocenters. The molecule has 5 heteroatoms. The number of likely N-dealkylation sites (tertiary alicyclic amines) is 1. The fraction of sp³-hybridized carbons (Fsp3) is 0.611. The van der Waals surface area contributed by atoms with Crippen LogP contribution < -0.4 is 0 Å². The van der Waals surface area contributed by atoms with E-state index in [0.29, 0.717) is 25.6 Å². The van der Waals surface area contributed by atoms with Gasteiger partial charge in [0.1, 0.15) is 12.4 Å². The molecule has 1 amide bonds. The van der Waals surface area contributed by atoms with Gasteiger partial charge in [0.05, 0.1) is 12.2 Å². The first-order chi connectivity index (χ1) is 11.1. The van der Waals surface area contributed by atoms with Gasteiger partial charge in [0.25, 0.3) is 0 Å². The Bertz CT molecular complexity index is 555. The molecule has 0 aromatic heterocycles. The highest BCUT2D eigenvalue weighted by Gasteiger charge is 2.43. The summed E-state index contributed by atoms with van der Waals surface area (Å²) < 4.78 is 24.8. The van der Waals surface area contributed by atoms with Crippen molar-refractivity contribution in [3.05, 3.63) is 35.6 Å². The van der Waals surface area contributed by atoms with Crippen LogP contribution in [0.5, 0.6) is 0 Å². The molecule has 2 heterocycles. The van der Waals surface area contributed by atoms with E-state index < -0.39 is 0 Å². The number of methoxy groups -OCH3 is 1. The fourth-order valence-electron chi connectivity index (χ4n) is 3.77. The Labute approximate surface area is 136 Å². The van der Waals surface area contributed by atoms with Gasteiger partial charge in [0.2, 0.25) is 5.91 Å². The largest absolute Gasteiger partial charge is 0.375 e. The van der Waals surface area contributed by atoms with Crippen LogP contribution in [0.15, 0.2) is 24.3 Å². The molecule has 2 aliphatic rings. The lowest BCUT2D eigenvalue weighted by Crippen LogP contribution is -2.47. The van der Waals surface area contributed by atoms with E-state index in [1.165, 1.54) is 13.2 Å². The molecule has 1 spiro atoms. The standard InChI is InChI=1S/C18H24FNO3/c1-22-13-17(21)20-8-6-18(7-9-20)11-14(12-23-18)10-15-4-2-3-5-16(15)19/h2-5,14H,6-13H2,1H3/t14-/m1/s1. The maximum absolute atomic E-state index is 13.8. The number of hydrogen-bond donors (Lipinski definition) is 0. The molecule has 1 aromatic rings. The molecule has 0 bridgehead atoms. The molecule has 4 nitrogen and oxygen atoms in total. The van der Waals surface area contributed by atoms with Crippen molar-refractivity contribution >= 4 is 5.91 Å². The van der Waals surface area contributed by atoms with Gasteiger partial charge < -0.3 is 14.4 Å². The number of ether oxygens (including phenoxy) is 2. The van der Waals surface area contributed by atoms with E-state index in [1.54, 1.807) is 6.07 Å². The Balaban J connectivity index is 1.54. The van der Waals surface area contributed by atoms with Crippen LogP contribution in [0.2, 0.25) is 0 Å². The van der Waals surface area contributed by atoms with Gasteiger partial charge in [-0.1, -0.05) is 18.2 Å². The third kappa shape index (κ3) is 3.72. The second kappa shape index (κ2) is 6.97. The number of nitrogens with zero attached hydrogens (tertiary/aromatic N) is 1. The zero-order valence-electron chi connectivity index (χ0n) is 13.6. The van der Waals surface area contributed by atoms with Crippen LogP contribution in [0.3, 0.4) is 0 Å². The monoisotopic (exact) mass is 321 g/mol. The molecule has 2 aliphatic heterocycles. The number of benzene rings is 1. The molecule has 1 atom stereocenters. The summed E-state index contributed by atoms with van der Waals surface area (Å²) in [6.45, 7) is 2.26. The van der Waals surface area contributed by atoms with E-state index in [0.717, 1.165) is 31.2 Å². The summed E-state index contributed by atoms with van der Waals surface area (Å²) in [5.74, 6) is 0.268. The van der Waals surface area contributed by atoms with Crippen molar-refractivity contribution in [3.63, 3.8) is 0 Å². The minimum absolute atomic E-state index is 0.0447. The number of halogens is 1. The van der Waals surface area contributed by atoms with Gasteiger partial charge in [-0.2, -0.15) is 0 Å². The molecule has 0 saturated carbocycles. The van der Waals surface area contributed by atoms with Gasteiger partial charge in [0, 0.05) is 20.2 Å². The molecule has 0 aliphatic carbocycles. The normalized spacial score (nSPS) is 23.4. The lowest BCUT2D eigenvalue weighted by molar-refractivity contribution is -0.139. The molecule has 3 rings (SSSR count). The number of piperidine rings is 1. The summed E-state index contributed by atoms with van der Waals surface area (Å²) in [5.41, 5.74) is 0.644. The van der Waals surface area contributed by atoms with Crippen LogP contribution in [-0.2, 0) is 20.7 Å². The van der Waals surface area contributed by atoms with E-state index in [2.05, 4.69) is 0 Å². The van der Waals surface area contributed by atoms with Gasteiger partial charge >= 0.3 is 0 Å². The zero-order valence-corrected chi connectivity index (χ0v) is 13.6. The summed E-state index contributed by atoms with van der Waals surface area (Å²) in [7, 11) is 1.54. The first kappa shape index (κ1) is 16.4. The number of hydrogen-bond acceptors (Lipinski definition) is 3. The predicted octanol–water partition coefficient (Wildman–Crippen LogP) is 2.41. The van der Waals surface area contributed by atoms with Crippen molar-refractivity contribution in [3.8, 4) is 0 Å². The van der Waals surface area contributed by atoms with Crippen molar-refractivity contribution in [2.24, 2.45) is 5.92 Å². The minimum Gasteiger partial charge on any atom is -0.375 e. The van der Waals surface area contributed by atoms with Crippen molar-refractivity contribution in [1.29, 1.82) is 0 Å². The van der Waals surface area contributed by atoms with Crippen molar-refractivity contribution < 1.29 is 18.7 Å². The highest BCUT2D eigenvalue weighted by Crippen LogP contribution is 2.39. The Morgan fingerprint density at radius 3 is 2.83 bits per heavy atom. The molecule has 2 saturated heterocycles. The SMILES string of the molecule is COCC(=O)N1CCC2(CC1)C[C@@H](Cc1ccccc1F)CO2. The lowest BCUT2D eigenvalue weighted by Gasteiger charge is -2.38. The topological polar surface area (TPSA) is 38.8 Å². The fourth-order valence-corrected chi connectivity index (χ4v) is 3.77. The van der Waals surface area contributed by atoms with E-state index in [4.69, 9.17) is 9.47 Å². The van der Waals surface area contributed by atoms with Crippen LogP contribution in [0.4, 0.5) is 4.39 Å². The lowest BCUT2D eigenvalue weighted by atomic mass is 9.83.